The molecule has 1 aromatic rings. The predicted molar refractivity (Wildman–Crippen MR) is 149 cm³/mol. The van der Waals surface area contributed by atoms with E-state index in [-0.39, 0.29) is 36.7 Å². The highest BCUT2D eigenvalue weighted by atomic mass is 35.5. The van der Waals surface area contributed by atoms with Crippen LogP contribution in [0.5, 0.6) is 0 Å². The van der Waals surface area contributed by atoms with E-state index in [9.17, 15) is 29.1 Å². The minimum absolute atomic E-state index is 0.0143. The fraction of sp³-hybridized carbons (Fsp3) is 0.370. The zero-order valence-electron chi connectivity index (χ0n) is 21.9. The average molecular weight is 599 g/mol. The molecule has 5 aliphatic rings. The lowest BCUT2D eigenvalue weighted by molar-refractivity contribution is -0.150. The van der Waals surface area contributed by atoms with Gasteiger partial charge in [0.1, 0.15) is 17.1 Å². The molecule has 0 saturated carbocycles. The number of nitrogens with one attached hydrogen (secondary N) is 3. The van der Waals surface area contributed by atoms with Gasteiger partial charge in [-0.2, -0.15) is 0 Å². The summed E-state index contributed by atoms with van der Waals surface area (Å²) in [6.45, 7) is 1.88. The van der Waals surface area contributed by atoms with Crippen molar-refractivity contribution in [2.45, 2.75) is 49.3 Å². The van der Waals surface area contributed by atoms with E-state index in [4.69, 9.17) is 11.6 Å². The molecule has 0 spiro atoms. The van der Waals surface area contributed by atoms with Crippen LogP contribution < -0.4 is 16.1 Å². The summed E-state index contributed by atoms with van der Waals surface area (Å²) < 4.78 is 0. The largest absolute Gasteiger partial charge is 0.477 e. The number of thioether (sulfide) groups is 1. The molecule has 0 aromatic heterocycles. The van der Waals surface area contributed by atoms with Gasteiger partial charge in [-0.25, -0.2) is 24.7 Å². The second-order valence-corrected chi connectivity index (χ2v) is 12.0. The van der Waals surface area contributed by atoms with E-state index in [0.29, 0.717) is 22.8 Å². The average Bonchev–Trinajstić information content (AvgIpc) is 3.17. The molecule has 4 unspecified atom stereocenters. The van der Waals surface area contributed by atoms with Crippen molar-refractivity contribution in [2.24, 2.45) is 0 Å². The molecule has 12 nitrogen and oxygen atoms in total. The number of urea groups is 2. The topological polar surface area (TPSA) is 151 Å². The van der Waals surface area contributed by atoms with Crippen LogP contribution in [0.15, 0.2) is 59.3 Å². The summed E-state index contributed by atoms with van der Waals surface area (Å²) in [5, 5.41) is 16.6. The number of fused-ring (bicyclic) bond motifs is 2. The second-order valence-electron chi connectivity index (χ2n) is 10.5. The summed E-state index contributed by atoms with van der Waals surface area (Å²) in [6.07, 6.45) is 5.89. The van der Waals surface area contributed by atoms with Crippen LogP contribution in [0.3, 0.4) is 0 Å². The van der Waals surface area contributed by atoms with Crippen molar-refractivity contribution in [2.75, 3.05) is 12.3 Å². The molecule has 3 fully saturated rings. The van der Waals surface area contributed by atoms with E-state index in [1.165, 1.54) is 21.7 Å². The molecule has 1 aromatic carbocycles. The van der Waals surface area contributed by atoms with Gasteiger partial charge in [-0.1, -0.05) is 53.6 Å². The van der Waals surface area contributed by atoms with Crippen LogP contribution >= 0.6 is 23.4 Å². The summed E-state index contributed by atoms with van der Waals surface area (Å²) >= 11 is 7.73. The number of β-lactam (4-membered cyclic amide) rings is 1. The number of rotatable bonds is 6. The molecule has 41 heavy (non-hydrogen) atoms. The Morgan fingerprint density at radius 3 is 2.73 bits per heavy atom. The SMILES string of the molecule is CC1=C(C(=O)O)N2C(=O)C(NC(=O)CC3=CC(NC(=O)N4CC5C(c6ccccc6Cl)NN5C4=O)C=CC3)[C@@H]2SC1. The van der Waals surface area contributed by atoms with Crippen LogP contribution in [0, 0.1) is 0 Å². The first kappa shape index (κ1) is 27.4. The molecule has 4 aliphatic heterocycles. The highest BCUT2D eigenvalue weighted by Crippen LogP contribution is 2.40. The van der Waals surface area contributed by atoms with Gasteiger partial charge >= 0.3 is 18.0 Å². The molecule has 6 rings (SSSR count). The Kier molecular flexibility index (Phi) is 7.04. The minimum Gasteiger partial charge on any atom is -0.477 e. The monoisotopic (exact) mass is 598 g/mol. The summed E-state index contributed by atoms with van der Waals surface area (Å²) in [5.74, 6) is -1.50. The Morgan fingerprint density at radius 1 is 1.20 bits per heavy atom. The Hall–Kier alpha value is -3.81. The smallest absolute Gasteiger partial charge is 0.352 e. The number of carboxylic acid groups (broad SMARTS) is 1. The van der Waals surface area contributed by atoms with Gasteiger partial charge in [0.2, 0.25) is 5.91 Å². The predicted octanol–water partition coefficient (Wildman–Crippen LogP) is 2.12. The van der Waals surface area contributed by atoms with E-state index in [1.54, 1.807) is 25.1 Å². The Morgan fingerprint density at radius 2 is 1.98 bits per heavy atom. The van der Waals surface area contributed by atoms with E-state index < -0.39 is 41.4 Å². The first-order valence-corrected chi connectivity index (χ1v) is 14.5. The molecule has 5 atom stereocenters. The van der Waals surface area contributed by atoms with Crippen LogP contribution in [0.1, 0.15) is 31.4 Å². The van der Waals surface area contributed by atoms with Gasteiger partial charge in [-0.3, -0.25) is 19.5 Å². The van der Waals surface area contributed by atoms with E-state index in [0.717, 1.165) is 16.0 Å². The number of aliphatic carboxylic acids is 1. The molecular weight excluding hydrogens is 572 g/mol. The van der Waals surface area contributed by atoms with E-state index >= 15 is 0 Å². The van der Waals surface area contributed by atoms with Crippen LogP contribution in [0.25, 0.3) is 0 Å². The summed E-state index contributed by atoms with van der Waals surface area (Å²) in [6, 6.07) is 4.64. The first-order chi connectivity index (χ1) is 19.6. The number of hydrazine groups is 1. The summed E-state index contributed by atoms with van der Waals surface area (Å²) in [7, 11) is 0. The maximum absolute atomic E-state index is 13.0. The van der Waals surface area contributed by atoms with E-state index in [1.807, 2.05) is 24.3 Å². The van der Waals surface area contributed by atoms with Crippen molar-refractivity contribution in [3.63, 3.8) is 0 Å². The standard InChI is InChI=1S/C27H27ClN6O6S/c1-13-12-41-24-21(23(36)33(24)22(13)25(37)38)30-19(35)10-14-5-4-6-15(9-14)29-26(39)32-11-18-20(31-34(18)27(32)40)16-7-2-3-8-17(16)28/h2-4,6-9,15,18,20-21,24,31H,5,10-12H2,1H3,(H,29,39)(H,30,35)(H,37,38)/t15?,18?,20?,21?,24-/m0/s1. The van der Waals surface area contributed by atoms with Crippen molar-refractivity contribution in [1.82, 2.24) is 30.9 Å². The molecule has 4 N–H and O–H groups in total. The fourth-order valence-corrected chi connectivity index (χ4v) is 7.29. The van der Waals surface area contributed by atoms with Crippen LogP contribution in [0.2, 0.25) is 5.02 Å². The highest BCUT2D eigenvalue weighted by molar-refractivity contribution is 8.00. The molecule has 214 valence electrons. The number of hydrogen-bond donors (Lipinski definition) is 4. The number of imide groups is 1. The van der Waals surface area contributed by atoms with E-state index in [2.05, 4.69) is 16.1 Å². The summed E-state index contributed by atoms with van der Waals surface area (Å²) in [5.41, 5.74) is 5.27. The molecule has 14 heteroatoms. The maximum atomic E-state index is 13.0. The normalized spacial score (nSPS) is 28.4. The first-order valence-electron chi connectivity index (χ1n) is 13.1. The third kappa shape index (κ3) is 4.77. The Labute approximate surface area is 244 Å². The van der Waals surface area contributed by atoms with Gasteiger partial charge in [0.05, 0.1) is 24.7 Å². The number of carbonyl (C=O) groups excluding carboxylic acids is 4. The van der Waals surface area contributed by atoms with Crippen molar-refractivity contribution < 1.29 is 29.1 Å². The Balaban J connectivity index is 1.03. The van der Waals surface area contributed by atoms with Gasteiger partial charge < -0.3 is 15.7 Å². The molecule has 3 saturated heterocycles. The van der Waals surface area contributed by atoms with Gasteiger partial charge in [0.15, 0.2) is 0 Å². The number of amides is 6. The van der Waals surface area contributed by atoms with Gasteiger partial charge in [0, 0.05) is 17.2 Å². The van der Waals surface area contributed by atoms with Crippen LogP contribution in [-0.4, -0.2) is 85.6 Å². The number of allylic oxidation sites excluding steroid dienone is 1. The third-order valence-corrected chi connectivity index (χ3v) is 9.55. The van der Waals surface area contributed by atoms with Crippen molar-refractivity contribution >= 4 is 53.2 Å². The number of hydrogen-bond acceptors (Lipinski definition) is 7. The maximum Gasteiger partial charge on any atom is 0.352 e. The number of nitrogens with zero attached hydrogens (tertiary/aromatic N) is 3. The molecule has 4 heterocycles. The number of benzene rings is 1. The van der Waals surface area contributed by atoms with Crippen LogP contribution in [-0.2, 0) is 14.4 Å². The van der Waals surface area contributed by atoms with Crippen LogP contribution in [0.4, 0.5) is 9.59 Å². The number of carbonyl (C=O) groups is 5. The van der Waals surface area contributed by atoms with Gasteiger partial charge in [-0.05, 0) is 30.5 Å². The zero-order valence-corrected chi connectivity index (χ0v) is 23.4. The van der Waals surface area contributed by atoms with Crippen molar-refractivity contribution in [1.29, 1.82) is 0 Å². The highest BCUT2D eigenvalue weighted by Gasteiger charge is 2.54. The number of halogens is 1. The molecule has 0 radical (unpaired) electrons. The molecule has 1 aliphatic carbocycles. The van der Waals surface area contributed by atoms with Gasteiger partial charge in [-0.15, -0.1) is 11.8 Å². The lowest BCUT2D eigenvalue weighted by Gasteiger charge is -2.49. The number of carboxylic acids is 1. The third-order valence-electron chi connectivity index (χ3n) is 7.78. The lowest BCUT2D eigenvalue weighted by Crippen LogP contribution is -2.70. The van der Waals surface area contributed by atoms with Gasteiger partial charge in [0.25, 0.3) is 5.91 Å². The Bertz CT molecular complexity index is 1460. The minimum atomic E-state index is -1.16. The lowest BCUT2D eigenvalue weighted by atomic mass is 9.96. The molecular formula is C27H27ClN6O6S. The van der Waals surface area contributed by atoms with Crippen molar-refractivity contribution in [3.8, 4) is 0 Å². The fourth-order valence-electron chi connectivity index (χ4n) is 5.74. The zero-order chi connectivity index (χ0) is 29.0. The second kappa shape index (κ2) is 10.5. The summed E-state index contributed by atoms with van der Waals surface area (Å²) in [4.78, 5) is 65.3. The molecule has 6 amide bonds. The quantitative estimate of drug-likeness (QED) is 0.287. The van der Waals surface area contributed by atoms with Crippen molar-refractivity contribution in [3.05, 3.63) is 69.9 Å². The molecule has 0 bridgehead atoms.